The molecule has 0 saturated carbocycles. The summed E-state index contributed by atoms with van der Waals surface area (Å²) in [6.07, 6.45) is 0.00636. The number of carbonyl (C=O) groups is 2. The molecule has 0 aliphatic carbocycles. The molecule has 2 aromatic carbocycles. The van der Waals surface area contributed by atoms with Crippen molar-refractivity contribution in [2.45, 2.75) is 12.5 Å². The van der Waals surface area contributed by atoms with Gasteiger partial charge in [-0.05, 0) is 29.8 Å². The van der Waals surface area contributed by atoms with Crippen LogP contribution in [0.25, 0.3) is 0 Å². The summed E-state index contributed by atoms with van der Waals surface area (Å²) in [6, 6.07) is 12.2. The summed E-state index contributed by atoms with van der Waals surface area (Å²) >= 11 is 12.1. The molecule has 0 bridgehead atoms. The zero-order valence-corrected chi connectivity index (χ0v) is 12.9. The standard InChI is InChI=1S/C16H13Cl2NO3/c17-12-7-4-8-13(18)11(12)9-14(16(21)22)19-15(20)10-5-2-1-3-6-10/h1-8,14H,9H2,(H,19,20)(H,21,22)/t14-/m1/s1. The Morgan fingerprint density at radius 1 is 1.00 bits per heavy atom. The van der Waals surface area contributed by atoms with Crippen molar-refractivity contribution in [1.82, 2.24) is 5.32 Å². The summed E-state index contributed by atoms with van der Waals surface area (Å²) in [4.78, 5) is 23.5. The summed E-state index contributed by atoms with van der Waals surface area (Å²) in [7, 11) is 0. The van der Waals surface area contributed by atoms with Gasteiger partial charge >= 0.3 is 5.97 Å². The average Bonchev–Trinajstić information content (AvgIpc) is 2.50. The number of rotatable bonds is 5. The molecular formula is C16H13Cl2NO3. The van der Waals surface area contributed by atoms with Crippen LogP contribution in [0.1, 0.15) is 15.9 Å². The van der Waals surface area contributed by atoms with Crippen LogP contribution in [0.2, 0.25) is 10.0 Å². The van der Waals surface area contributed by atoms with Gasteiger partial charge in [0.05, 0.1) is 0 Å². The van der Waals surface area contributed by atoms with Crippen molar-refractivity contribution in [2.75, 3.05) is 0 Å². The monoisotopic (exact) mass is 337 g/mol. The number of carbonyl (C=O) groups excluding carboxylic acids is 1. The normalized spacial score (nSPS) is 11.7. The molecule has 0 unspecified atom stereocenters. The summed E-state index contributed by atoms with van der Waals surface area (Å²) in [6.45, 7) is 0. The predicted octanol–water partition coefficient (Wildman–Crippen LogP) is 3.42. The van der Waals surface area contributed by atoms with E-state index in [1.807, 2.05) is 0 Å². The van der Waals surface area contributed by atoms with E-state index in [2.05, 4.69) is 5.32 Å². The molecule has 0 saturated heterocycles. The second-order valence-corrected chi connectivity index (χ2v) is 5.45. The van der Waals surface area contributed by atoms with Gasteiger partial charge in [0.25, 0.3) is 5.91 Å². The fourth-order valence-corrected chi connectivity index (χ4v) is 2.51. The Bertz CT molecular complexity index is 669. The third-order valence-corrected chi connectivity index (χ3v) is 3.82. The topological polar surface area (TPSA) is 66.4 Å². The number of nitrogens with one attached hydrogen (secondary N) is 1. The van der Waals surface area contributed by atoms with Gasteiger partial charge in [0, 0.05) is 22.0 Å². The van der Waals surface area contributed by atoms with Crippen LogP contribution >= 0.6 is 23.2 Å². The lowest BCUT2D eigenvalue weighted by Crippen LogP contribution is -2.42. The molecule has 0 heterocycles. The molecule has 0 radical (unpaired) electrons. The fraction of sp³-hybridized carbons (Fsp3) is 0.125. The SMILES string of the molecule is O=C(N[C@H](Cc1c(Cl)cccc1Cl)C(=O)O)c1ccccc1. The second-order valence-electron chi connectivity index (χ2n) is 4.63. The van der Waals surface area contributed by atoms with E-state index in [1.165, 1.54) is 0 Å². The minimum Gasteiger partial charge on any atom is -0.480 e. The summed E-state index contributed by atoms with van der Waals surface area (Å²) in [5, 5.41) is 12.5. The van der Waals surface area contributed by atoms with E-state index < -0.39 is 17.9 Å². The van der Waals surface area contributed by atoms with Gasteiger partial charge in [-0.1, -0.05) is 47.5 Å². The van der Waals surface area contributed by atoms with E-state index in [4.69, 9.17) is 23.2 Å². The van der Waals surface area contributed by atoms with E-state index >= 15 is 0 Å². The Morgan fingerprint density at radius 2 is 1.59 bits per heavy atom. The van der Waals surface area contributed by atoms with Crippen LogP contribution in [0.15, 0.2) is 48.5 Å². The number of amides is 1. The van der Waals surface area contributed by atoms with Gasteiger partial charge in [-0.2, -0.15) is 0 Å². The Morgan fingerprint density at radius 3 is 2.14 bits per heavy atom. The van der Waals surface area contributed by atoms with Gasteiger partial charge in [-0.15, -0.1) is 0 Å². The molecule has 22 heavy (non-hydrogen) atoms. The van der Waals surface area contributed by atoms with Crippen LogP contribution in [0.5, 0.6) is 0 Å². The molecule has 2 N–H and O–H groups in total. The summed E-state index contributed by atoms with van der Waals surface area (Å²) in [5.41, 5.74) is 0.880. The minimum absolute atomic E-state index is 0.00636. The number of hydrogen-bond donors (Lipinski definition) is 2. The first-order valence-corrected chi connectivity index (χ1v) is 7.26. The van der Waals surface area contributed by atoms with Gasteiger partial charge in [0.1, 0.15) is 6.04 Å². The maximum atomic E-state index is 12.1. The third-order valence-electron chi connectivity index (χ3n) is 3.11. The van der Waals surface area contributed by atoms with E-state index in [1.54, 1.807) is 48.5 Å². The van der Waals surface area contributed by atoms with Crippen molar-refractivity contribution < 1.29 is 14.7 Å². The molecule has 0 aromatic heterocycles. The van der Waals surface area contributed by atoms with Crippen molar-refractivity contribution in [3.05, 3.63) is 69.7 Å². The van der Waals surface area contributed by atoms with E-state index in [0.29, 0.717) is 21.2 Å². The molecule has 1 atom stereocenters. The smallest absolute Gasteiger partial charge is 0.326 e. The molecular weight excluding hydrogens is 325 g/mol. The first kappa shape index (κ1) is 16.3. The number of benzene rings is 2. The Labute approximate surface area is 137 Å². The Hall–Kier alpha value is -2.04. The maximum absolute atomic E-state index is 12.1. The fourth-order valence-electron chi connectivity index (χ4n) is 1.96. The second kappa shape index (κ2) is 7.29. The van der Waals surface area contributed by atoms with Crippen LogP contribution in [0.4, 0.5) is 0 Å². The quantitative estimate of drug-likeness (QED) is 0.878. The molecule has 4 nitrogen and oxygen atoms in total. The van der Waals surface area contributed by atoms with E-state index in [9.17, 15) is 14.7 Å². The molecule has 114 valence electrons. The predicted molar refractivity (Wildman–Crippen MR) is 85.5 cm³/mol. The first-order valence-electron chi connectivity index (χ1n) is 6.50. The van der Waals surface area contributed by atoms with Crippen molar-refractivity contribution >= 4 is 35.1 Å². The number of carboxylic acids is 1. The largest absolute Gasteiger partial charge is 0.480 e. The molecule has 0 spiro atoms. The molecule has 6 heteroatoms. The van der Waals surface area contributed by atoms with Crippen LogP contribution in [0.3, 0.4) is 0 Å². The van der Waals surface area contributed by atoms with E-state index in [0.717, 1.165) is 0 Å². The number of carboxylic acid groups (broad SMARTS) is 1. The molecule has 0 fully saturated rings. The van der Waals surface area contributed by atoms with Crippen LogP contribution in [0, 0.1) is 0 Å². The van der Waals surface area contributed by atoms with Gasteiger partial charge < -0.3 is 10.4 Å². The minimum atomic E-state index is -1.15. The van der Waals surface area contributed by atoms with Crippen LogP contribution < -0.4 is 5.32 Å². The highest BCUT2D eigenvalue weighted by molar-refractivity contribution is 6.36. The van der Waals surface area contributed by atoms with Crippen LogP contribution in [-0.4, -0.2) is 23.0 Å². The van der Waals surface area contributed by atoms with Gasteiger partial charge in [0.2, 0.25) is 0 Å². The van der Waals surface area contributed by atoms with Crippen molar-refractivity contribution in [1.29, 1.82) is 0 Å². The lowest BCUT2D eigenvalue weighted by Gasteiger charge is -2.16. The lowest BCUT2D eigenvalue weighted by atomic mass is 10.1. The third kappa shape index (κ3) is 4.00. The first-order chi connectivity index (χ1) is 10.5. The maximum Gasteiger partial charge on any atom is 0.326 e. The molecule has 2 aromatic rings. The Kier molecular flexibility index (Phi) is 5.41. The molecule has 0 aliphatic rings. The van der Waals surface area contributed by atoms with E-state index in [-0.39, 0.29) is 6.42 Å². The number of hydrogen-bond acceptors (Lipinski definition) is 2. The van der Waals surface area contributed by atoms with Gasteiger partial charge in [-0.25, -0.2) is 4.79 Å². The van der Waals surface area contributed by atoms with Crippen molar-refractivity contribution in [3.63, 3.8) is 0 Å². The van der Waals surface area contributed by atoms with Crippen LogP contribution in [-0.2, 0) is 11.2 Å². The zero-order chi connectivity index (χ0) is 16.1. The molecule has 0 aliphatic heterocycles. The highest BCUT2D eigenvalue weighted by Gasteiger charge is 2.23. The number of halogens is 2. The molecule has 1 amide bonds. The molecule has 2 rings (SSSR count). The number of aliphatic carboxylic acids is 1. The van der Waals surface area contributed by atoms with Gasteiger partial charge in [-0.3, -0.25) is 4.79 Å². The van der Waals surface area contributed by atoms with Crippen molar-refractivity contribution in [2.24, 2.45) is 0 Å². The average molecular weight is 338 g/mol. The van der Waals surface area contributed by atoms with Crippen molar-refractivity contribution in [3.8, 4) is 0 Å². The summed E-state index contributed by atoms with van der Waals surface area (Å²) in [5.74, 6) is -1.61. The zero-order valence-electron chi connectivity index (χ0n) is 11.4. The highest BCUT2D eigenvalue weighted by Crippen LogP contribution is 2.25. The summed E-state index contributed by atoms with van der Waals surface area (Å²) < 4.78 is 0. The lowest BCUT2D eigenvalue weighted by molar-refractivity contribution is -0.139. The highest BCUT2D eigenvalue weighted by atomic mass is 35.5. The Balaban J connectivity index is 2.18. The van der Waals surface area contributed by atoms with Gasteiger partial charge in [0.15, 0.2) is 0 Å².